The van der Waals surface area contributed by atoms with Crippen LogP contribution in [-0.2, 0) is 12.8 Å². The highest BCUT2D eigenvalue weighted by Crippen LogP contribution is 2.22. The first-order valence-electron chi connectivity index (χ1n) is 14.6. The Morgan fingerprint density at radius 1 is 0.513 bits per heavy atom. The molecule has 0 aliphatic heterocycles. The lowest BCUT2D eigenvalue weighted by Crippen LogP contribution is -1.89. The monoisotopic (exact) mass is 514 g/mol. The van der Waals surface area contributed by atoms with Crippen molar-refractivity contribution in [1.82, 2.24) is 0 Å². The third kappa shape index (κ3) is 8.60. The maximum Gasteiger partial charge on any atom is 0.146 e. The van der Waals surface area contributed by atoms with Gasteiger partial charge in [-0.2, -0.15) is 0 Å². The fourth-order valence-electron chi connectivity index (χ4n) is 4.77. The topological polar surface area (TPSA) is 0 Å². The van der Waals surface area contributed by atoms with E-state index in [4.69, 9.17) is 0 Å². The van der Waals surface area contributed by atoms with E-state index in [1.54, 1.807) is 6.07 Å². The van der Waals surface area contributed by atoms with Crippen molar-refractivity contribution in [2.45, 2.75) is 78.1 Å². The lowest BCUT2D eigenvalue weighted by molar-refractivity contribution is 0.632. The third-order valence-electron chi connectivity index (χ3n) is 7.19. The van der Waals surface area contributed by atoms with E-state index in [0.29, 0.717) is 10.9 Å². The first kappa shape index (κ1) is 28.2. The van der Waals surface area contributed by atoms with Gasteiger partial charge in [0.15, 0.2) is 0 Å². The summed E-state index contributed by atoms with van der Waals surface area (Å²) in [7, 11) is 0. The van der Waals surface area contributed by atoms with Crippen molar-refractivity contribution in [3.8, 4) is 23.7 Å². The Bertz CT molecular complexity index is 1470. The van der Waals surface area contributed by atoms with Gasteiger partial charge in [0.1, 0.15) is 5.82 Å². The maximum absolute atomic E-state index is 15.3. The van der Waals surface area contributed by atoms with Gasteiger partial charge in [-0.05, 0) is 84.7 Å². The standard InChI is InChI=1S/C38H39F/c1-3-5-7-8-10-12-31-15-19-33(20-16-31)23-25-35-26-27-36-29-34(24-28-37(36)38(35)39)22-21-32-17-13-30(14-18-32)11-9-6-4-2/h13-20,24,26-29H,3-12H2,1-2H3. The second-order valence-corrected chi connectivity index (χ2v) is 10.4. The van der Waals surface area contributed by atoms with E-state index in [0.717, 1.165) is 34.9 Å². The van der Waals surface area contributed by atoms with E-state index in [1.165, 1.54) is 62.5 Å². The molecule has 1 heteroatoms. The van der Waals surface area contributed by atoms with Gasteiger partial charge in [-0.3, -0.25) is 0 Å². The summed E-state index contributed by atoms with van der Waals surface area (Å²) in [5.74, 6) is 12.4. The van der Waals surface area contributed by atoms with Crippen molar-refractivity contribution < 1.29 is 4.39 Å². The lowest BCUT2D eigenvalue weighted by Gasteiger charge is -2.03. The normalized spacial score (nSPS) is 10.5. The zero-order valence-corrected chi connectivity index (χ0v) is 23.5. The molecule has 0 aliphatic carbocycles. The van der Waals surface area contributed by atoms with Gasteiger partial charge in [-0.1, -0.05) is 112 Å². The molecule has 198 valence electrons. The van der Waals surface area contributed by atoms with Crippen molar-refractivity contribution in [2.24, 2.45) is 0 Å². The van der Waals surface area contributed by atoms with Crippen LogP contribution in [0.2, 0.25) is 0 Å². The zero-order chi connectivity index (χ0) is 27.3. The molecule has 0 nitrogen and oxygen atoms in total. The van der Waals surface area contributed by atoms with Crippen molar-refractivity contribution in [3.05, 3.63) is 118 Å². The molecule has 0 amide bonds. The van der Waals surface area contributed by atoms with Crippen molar-refractivity contribution in [2.75, 3.05) is 0 Å². The summed E-state index contributed by atoms with van der Waals surface area (Å²) in [5, 5.41) is 1.40. The predicted octanol–water partition coefficient (Wildman–Crippen LogP) is 10.0. The van der Waals surface area contributed by atoms with Gasteiger partial charge in [-0.25, -0.2) is 4.39 Å². The van der Waals surface area contributed by atoms with Crippen LogP contribution in [0.4, 0.5) is 4.39 Å². The number of fused-ring (bicyclic) bond motifs is 1. The Morgan fingerprint density at radius 3 is 1.67 bits per heavy atom. The van der Waals surface area contributed by atoms with Crippen LogP contribution >= 0.6 is 0 Å². The summed E-state index contributed by atoms with van der Waals surface area (Å²) in [5.41, 5.74) is 5.89. The van der Waals surface area contributed by atoms with E-state index in [-0.39, 0.29) is 5.82 Å². The minimum absolute atomic E-state index is 0.276. The Hall–Kier alpha value is -3.81. The molecule has 0 radical (unpaired) electrons. The van der Waals surface area contributed by atoms with E-state index in [1.807, 2.05) is 36.4 Å². The minimum Gasteiger partial charge on any atom is -0.205 e. The van der Waals surface area contributed by atoms with Crippen LogP contribution in [0.3, 0.4) is 0 Å². The highest BCUT2D eigenvalue weighted by molar-refractivity contribution is 5.86. The van der Waals surface area contributed by atoms with Crippen LogP contribution in [0.5, 0.6) is 0 Å². The SMILES string of the molecule is CCCCCCCc1ccc(C#Cc2ccc3cc(C#Cc4ccc(CCCCC)cc4)ccc3c2F)cc1. The van der Waals surface area contributed by atoms with Gasteiger partial charge < -0.3 is 0 Å². The summed E-state index contributed by atoms with van der Waals surface area (Å²) in [6.45, 7) is 4.47. The molecule has 0 heterocycles. The van der Waals surface area contributed by atoms with Gasteiger partial charge >= 0.3 is 0 Å². The largest absolute Gasteiger partial charge is 0.205 e. The number of rotatable bonds is 10. The number of aryl methyl sites for hydroxylation is 2. The highest BCUT2D eigenvalue weighted by atomic mass is 19.1. The first-order chi connectivity index (χ1) is 19.2. The van der Waals surface area contributed by atoms with Gasteiger partial charge in [0.25, 0.3) is 0 Å². The summed E-state index contributed by atoms with van der Waals surface area (Å²) in [6.07, 6.45) is 12.4. The molecule has 0 saturated heterocycles. The summed E-state index contributed by atoms with van der Waals surface area (Å²) in [4.78, 5) is 0. The Morgan fingerprint density at radius 2 is 1.03 bits per heavy atom. The Labute approximate surface area is 234 Å². The molecule has 4 aromatic carbocycles. The summed E-state index contributed by atoms with van der Waals surface area (Å²) < 4.78 is 15.3. The van der Waals surface area contributed by atoms with Crippen molar-refractivity contribution in [1.29, 1.82) is 0 Å². The van der Waals surface area contributed by atoms with E-state index in [9.17, 15) is 0 Å². The van der Waals surface area contributed by atoms with Gasteiger partial charge in [0.2, 0.25) is 0 Å². The molecule has 0 N–H and O–H groups in total. The molecule has 0 unspecified atom stereocenters. The number of hydrogen-bond donors (Lipinski definition) is 0. The molecule has 0 bridgehead atoms. The molecular formula is C38H39F. The predicted molar refractivity (Wildman–Crippen MR) is 164 cm³/mol. The maximum atomic E-state index is 15.3. The molecular weight excluding hydrogens is 475 g/mol. The molecule has 0 spiro atoms. The zero-order valence-electron chi connectivity index (χ0n) is 23.5. The quantitative estimate of drug-likeness (QED) is 0.146. The smallest absolute Gasteiger partial charge is 0.146 e. The van der Waals surface area contributed by atoms with Crippen molar-refractivity contribution >= 4 is 10.8 Å². The van der Waals surface area contributed by atoms with E-state index < -0.39 is 0 Å². The molecule has 0 aliphatic rings. The molecule has 4 rings (SSSR count). The second-order valence-electron chi connectivity index (χ2n) is 10.4. The summed E-state index contributed by atoms with van der Waals surface area (Å²) in [6, 6.07) is 26.2. The minimum atomic E-state index is -0.276. The van der Waals surface area contributed by atoms with E-state index >= 15 is 4.39 Å². The van der Waals surface area contributed by atoms with Gasteiger partial charge in [0, 0.05) is 22.1 Å². The molecule has 4 aromatic rings. The average Bonchev–Trinajstić information content (AvgIpc) is 2.97. The molecule has 0 saturated carbocycles. The fraction of sp³-hybridized carbons (Fsp3) is 0.316. The van der Waals surface area contributed by atoms with E-state index in [2.05, 4.69) is 73.9 Å². The fourth-order valence-corrected chi connectivity index (χ4v) is 4.77. The van der Waals surface area contributed by atoms with Crippen LogP contribution < -0.4 is 0 Å². The number of halogens is 1. The average molecular weight is 515 g/mol. The summed E-state index contributed by atoms with van der Waals surface area (Å²) >= 11 is 0. The first-order valence-corrected chi connectivity index (χ1v) is 14.6. The molecule has 0 atom stereocenters. The molecule has 39 heavy (non-hydrogen) atoms. The van der Waals surface area contributed by atoms with Gasteiger partial charge in [-0.15, -0.1) is 0 Å². The van der Waals surface area contributed by atoms with Gasteiger partial charge in [0.05, 0.1) is 5.56 Å². The lowest BCUT2D eigenvalue weighted by atomic mass is 10.0. The Kier molecular flexibility index (Phi) is 10.8. The molecule has 0 fully saturated rings. The third-order valence-corrected chi connectivity index (χ3v) is 7.19. The second kappa shape index (κ2) is 15.0. The van der Waals surface area contributed by atoms with Crippen LogP contribution in [0.1, 0.15) is 98.6 Å². The molecule has 0 aromatic heterocycles. The number of unbranched alkanes of at least 4 members (excludes halogenated alkanes) is 6. The van der Waals surface area contributed by atoms with Crippen LogP contribution in [0.25, 0.3) is 10.8 Å². The van der Waals surface area contributed by atoms with Crippen molar-refractivity contribution in [3.63, 3.8) is 0 Å². The number of hydrogen-bond acceptors (Lipinski definition) is 0. The van der Waals surface area contributed by atoms with Crippen LogP contribution in [0, 0.1) is 29.5 Å². The van der Waals surface area contributed by atoms with Crippen LogP contribution in [0.15, 0.2) is 78.9 Å². The highest BCUT2D eigenvalue weighted by Gasteiger charge is 2.06. The Balaban J connectivity index is 1.40. The van der Waals surface area contributed by atoms with Crippen LogP contribution in [-0.4, -0.2) is 0 Å². The number of benzene rings is 4.